The lowest BCUT2D eigenvalue weighted by Crippen LogP contribution is -2.12. The number of Topliss-reactive ketones (excluding diaryl/α,β-unsaturated/α-hetero) is 1. The number of benzene rings is 2. The van der Waals surface area contributed by atoms with Gasteiger partial charge in [-0.3, -0.25) is 4.79 Å². The van der Waals surface area contributed by atoms with Crippen molar-refractivity contribution in [3.05, 3.63) is 75.8 Å². The van der Waals surface area contributed by atoms with E-state index in [4.69, 9.17) is 16.3 Å². The standard InChI is InChI=1S/C20H17ClO3/c21-18-6-1-3-14(11-18)7-10-20(23)24-13-19(22)17-9-8-15-4-2-5-16(15)12-17/h1,3,6-12H,2,4-5,13H2/b10-7+. The molecule has 122 valence electrons. The van der Waals surface area contributed by atoms with E-state index in [1.165, 1.54) is 17.2 Å². The number of carbonyl (C=O) groups is 2. The molecule has 0 saturated carbocycles. The van der Waals surface area contributed by atoms with Crippen LogP contribution in [0, 0.1) is 0 Å². The molecule has 0 N–H and O–H groups in total. The molecular weight excluding hydrogens is 324 g/mol. The van der Waals surface area contributed by atoms with Crippen molar-refractivity contribution in [3.63, 3.8) is 0 Å². The maximum absolute atomic E-state index is 12.1. The molecule has 4 heteroatoms. The Morgan fingerprint density at radius 1 is 1.08 bits per heavy atom. The minimum atomic E-state index is -0.551. The van der Waals surface area contributed by atoms with Gasteiger partial charge in [-0.05, 0) is 60.2 Å². The van der Waals surface area contributed by atoms with Crippen LogP contribution in [0.5, 0.6) is 0 Å². The second kappa shape index (κ2) is 7.45. The molecule has 0 spiro atoms. The van der Waals surface area contributed by atoms with Crippen molar-refractivity contribution in [1.82, 2.24) is 0 Å². The van der Waals surface area contributed by atoms with Crippen molar-refractivity contribution < 1.29 is 14.3 Å². The molecule has 3 nitrogen and oxygen atoms in total. The predicted octanol–water partition coefficient (Wildman–Crippen LogP) is 4.27. The van der Waals surface area contributed by atoms with Gasteiger partial charge >= 0.3 is 5.97 Å². The lowest BCUT2D eigenvalue weighted by molar-refractivity contribution is -0.136. The van der Waals surface area contributed by atoms with Crippen LogP contribution in [0.4, 0.5) is 0 Å². The topological polar surface area (TPSA) is 43.4 Å². The number of hydrogen-bond acceptors (Lipinski definition) is 3. The number of halogens is 1. The third kappa shape index (κ3) is 4.12. The van der Waals surface area contributed by atoms with Gasteiger partial charge in [0.15, 0.2) is 12.4 Å². The first kappa shape index (κ1) is 16.5. The third-order valence-electron chi connectivity index (χ3n) is 4.03. The van der Waals surface area contributed by atoms with Gasteiger partial charge in [0.1, 0.15) is 0 Å². The summed E-state index contributed by atoms with van der Waals surface area (Å²) in [7, 11) is 0. The Morgan fingerprint density at radius 3 is 2.75 bits per heavy atom. The fourth-order valence-electron chi connectivity index (χ4n) is 2.79. The van der Waals surface area contributed by atoms with Gasteiger partial charge in [0.25, 0.3) is 0 Å². The largest absolute Gasteiger partial charge is 0.454 e. The highest BCUT2D eigenvalue weighted by atomic mass is 35.5. The molecule has 1 aliphatic rings. The minimum Gasteiger partial charge on any atom is -0.454 e. The van der Waals surface area contributed by atoms with E-state index in [-0.39, 0.29) is 12.4 Å². The highest BCUT2D eigenvalue weighted by Crippen LogP contribution is 2.23. The van der Waals surface area contributed by atoms with Gasteiger partial charge in [0.2, 0.25) is 0 Å². The van der Waals surface area contributed by atoms with Gasteiger partial charge < -0.3 is 4.74 Å². The Labute approximate surface area is 145 Å². The van der Waals surface area contributed by atoms with Crippen LogP contribution in [0.1, 0.15) is 33.5 Å². The molecule has 0 heterocycles. The summed E-state index contributed by atoms with van der Waals surface area (Å²) in [6.45, 7) is -0.252. The number of ketones is 1. The average molecular weight is 341 g/mol. The van der Waals surface area contributed by atoms with Gasteiger partial charge in [0.05, 0.1) is 0 Å². The molecule has 1 aliphatic carbocycles. The van der Waals surface area contributed by atoms with E-state index < -0.39 is 5.97 Å². The van der Waals surface area contributed by atoms with Crippen LogP contribution in [0.25, 0.3) is 6.08 Å². The fourth-order valence-corrected chi connectivity index (χ4v) is 2.99. The maximum atomic E-state index is 12.1. The van der Waals surface area contributed by atoms with Crippen molar-refractivity contribution in [2.45, 2.75) is 19.3 Å². The van der Waals surface area contributed by atoms with E-state index in [9.17, 15) is 9.59 Å². The molecule has 24 heavy (non-hydrogen) atoms. The molecule has 0 fully saturated rings. The van der Waals surface area contributed by atoms with Gasteiger partial charge in [-0.1, -0.05) is 35.9 Å². The molecule has 0 saturated heterocycles. The van der Waals surface area contributed by atoms with Crippen molar-refractivity contribution in [2.24, 2.45) is 0 Å². The molecule has 2 aromatic carbocycles. The van der Waals surface area contributed by atoms with Crippen LogP contribution in [-0.2, 0) is 22.4 Å². The zero-order valence-electron chi connectivity index (χ0n) is 13.1. The predicted molar refractivity (Wildman–Crippen MR) is 94.2 cm³/mol. The van der Waals surface area contributed by atoms with Crippen molar-refractivity contribution in [2.75, 3.05) is 6.61 Å². The van der Waals surface area contributed by atoms with Crippen molar-refractivity contribution in [3.8, 4) is 0 Å². The number of esters is 1. The number of ether oxygens (including phenoxy) is 1. The number of fused-ring (bicyclic) bond motifs is 1. The van der Waals surface area contributed by atoms with E-state index >= 15 is 0 Å². The molecule has 0 radical (unpaired) electrons. The molecule has 2 aromatic rings. The number of hydrogen-bond donors (Lipinski definition) is 0. The summed E-state index contributed by atoms with van der Waals surface area (Å²) in [6, 6.07) is 12.8. The van der Waals surface area contributed by atoms with Crippen LogP contribution >= 0.6 is 11.6 Å². The maximum Gasteiger partial charge on any atom is 0.331 e. The van der Waals surface area contributed by atoms with Crippen LogP contribution in [0.2, 0.25) is 5.02 Å². The molecule has 0 unspecified atom stereocenters. The number of aryl methyl sites for hydroxylation is 2. The first-order valence-electron chi connectivity index (χ1n) is 7.87. The normalized spacial score (nSPS) is 13.0. The summed E-state index contributed by atoms with van der Waals surface area (Å²) in [6.07, 6.45) is 6.12. The first-order chi connectivity index (χ1) is 11.6. The molecule has 0 aromatic heterocycles. The molecule has 0 atom stereocenters. The molecule has 0 bridgehead atoms. The monoisotopic (exact) mass is 340 g/mol. The summed E-state index contributed by atoms with van der Waals surface area (Å²) in [4.78, 5) is 23.9. The summed E-state index contributed by atoms with van der Waals surface area (Å²) >= 11 is 5.88. The fraction of sp³-hybridized carbons (Fsp3) is 0.200. The van der Waals surface area contributed by atoms with Crippen molar-refractivity contribution >= 4 is 29.4 Å². The van der Waals surface area contributed by atoms with Crippen LogP contribution in [0.3, 0.4) is 0 Å². The zero-order valence-corrected chi connectivity index (χ0v) is 13.9. The quantitative estimate of drug-likeness (QED) is 0.464. The lowest BCUT2D eigenvalue weighted by Gasteiger charge is -2.05. The molecule has 0 amide bonds. The highest BCUT2D eigenvalue weighted by molar-refractivity contribution is 6.30. The van der Waals surface area contributed by atoms with E-state index in [1.807, 2.05) is 24.3 Å². The smallest absolute Gasteiger partial charge is 0.331 e. The Hall–Kier alpha value is -2.39. The van der Waals surface area contributed by atoms with Crippen LogP contribution < -0.4 is 0 Å². The molecular formula is C20H17ClO3. The second-order valence-corrected chi connectivity index (χ2v) is 6.19. The Morgan fingerprint density at radius 2 is 1.92 bits per heavy atom. The van der Waals surface area contributed by atoms with Crippen LogP contribution in [-0.4, -0.2) is 18.4 Å². The second-order valence-electron chi connectivity index (χ2n) is 5.76. The number of rotatable bonds is 5. The van der Waals surface area contributed by atoms with Gasteiger partial charge in [-0.15, -0.1) is 0 Å². The van der Waals surface area contributed by atoms with E-state index in [0.717, 1.165) is 24.8 Å². The lowest BCUT2D eigenvalue weighted by atomic mass is 10.0. The van der Waals surface area contributed by atoms with E-state index in [1.54, 1.807) is 24.3 Å². The van der Waals surface area contributed by atoms with Crippen molar-refractivity contribution in [1.29, 1.82) is 0 Å². The SMILES string of the molecule is O=C(/C=C/c1cccc(Cl)c1)OCC(=O)c1ccc2c(c1)CCC2. The van der Waals surface area contributed by atoms with Gasteiger partial charge in [-0.25, -0.2) is 4.79 Å². The zero-order chi connectivity index (χ0) is 16.9. The average Bonchev–Trinajstić information content (AvgIpc) is 3.05. The number of carbonyl (C=O) groups excluding carboxylic acids is 2. The van der Waals surface area contributed by atoms with Crippen LogP contribution in [0.15, 0.2) is 48.5 Å². The van der Waals surface area contributed by atoms with Gasteiger partial charge in [0, 0.05) is 16.7 Å². The summed E-state index contributed by atoms with van der Waals surface area (Å²) in [5.41, 5.74) is 3.94. The third-order valence-corrected chi connectivity index (χ3v) is 4.26. The summed E-state index contributed by atoms with van der Waals surface area (Å²) in [5.74, 6) is -0.737. The van der Waals surface area contributed by atoms with Gasteiger partial charge in [-0.2, -0.15) is 0 Å². The van der Waals surface area contributed by atoms with E-state index in [2.05, 4.69) is 0 Å². The minimum absolute atomic E-state index is 0.186. The Balaban J connectivity index is 1.55. The highest BCUT2D eigenvalue weighted by Gasteiger charge is 2.14. The van der Waals surface area contributed by atoms with E-state index in [0.29, 0.717) is 10.6 Å². The molecule has 3 rings (SSSR count). The summed E-state index contributed by atoms with van der Waals surface area (Å²) in [5, 5.41) is 0.595. The first-order valence-corrected chi connectivity index (χ1v) is 8.25. The molecule has 0 aliphatic heterocycles. The Bertz CT molecular complexity index is 808. The Kier molecular flexibility index (Phi) is 5.11. The summed E-state index contributed by atoms with van der Waals surface area (Å²) < 4.78 is 5.02.